The molecular formula is C6H13NO3S. The van der Waals surface area contributed by atoms with Crippen LogP contribution in [0.3, 0.4) is 0 Å². The van der Waals surface area contributed by atoms with Gasteiger partial charge >= 0.3 is 0 Å². The molecule has 0 spiro atoms. The maximum Gasteiger partial charge on any atom is 0.157 e. The van der Waals surface area contributed by atoms with Crippen LogP contribution in [0.2, 0.25) is 0 Å². The van der Waals surface area contributed by atoms with Crippen molar-refractivity contribution in [2.45, 2.75) is 18.6 Å². The molecule has 0 aliphatic rings. The van der Waals surface area contributed by atoms with E-state index in [4.69, 9.17) is 0 Å². The largest absolute Gasteiger partial charge is 0.399 e. The molecule has 0 amide bonds. The van der Waals surface area contributed by atoms with Gasteiger partial charge in [-0.25, -0.2) is 8.42 Å². The van der Waals surface area contributed by atoms with E-state index in [1.807, 2.05) is 0 Å². The van der Waals surface area contributed by atoms with Gasteiger partial charge in [-0.15, -0.1) is 0 Å². The standard InChI is InChI=1S/C6H13NO3S/c1-6(2,5-7-10-3)11(4,8)9/h5H,1-4H3/b7-5+. The van der Waals surface area contributed by atoms with Gasteiger partial charge in [-0.3, -0.25) is 0 Å². The molecule has 0 aliphatic carbocycles. The van der Waals surface area contributed by atoms with E-state index in [-0.39, 0.29) is 0 Å². The van der Waals surface area contributed by atoms with Gasteiger partial charge in [-0.05, 0) is 13.8 Å². The van der Waals surface area contributed by atoms with Crippen LogP contribution in [0.5, 0.6) is 0 Å². The first-order chi connectivity index (χ1) is 4.81. The average molecular weight is 179 g/mol. The second kappa shape index (κ2) is 3.21. The van der Waals surface area contributed by atoms with Crippen LogP contribution in [0.4, 0.5) is 0 Å². The number of hydrogen-bond acceptors (Lipinski definition) is 4. The van der Waals surface area contributed by atoms with Crippen molar-refractivity contribution >= 4 is 16.1 Å². The summed E-state index contributed by atoms with van der Waals surface area (Å²) in [5.41, 5.74) is 0. The monoisotopic (exact) mass is 179 g/mol. The highest BCUT2D eigenvalue weighted by Crippen LogP contribution is 2.11. The Balaban J connectivity index is 4.62. The maximum atomic E-state index is 11.0. The lowest BCUT2D eigenvalue weighted by atomic mass is 10.2. The van der Waals surface area contributed by atoms with Crippen molar-refractivity contribution in [3.8, 4) is 0 Å². The molecule has 0 aliphatic heterocycles. The Hall–Kier alpha value is -0.580. The molecular weight excluding hydrogens is 166 g/mol. The van der Waals surface area contributed by atoms with E-state index in [1.54, 1.807) is 13.8 Å². The lowest BCUT2D eigenvalue weighted by Crippen LogP contribution is -2.32. The van der Waals surface area contributed by atoms with Crippen molar-refractivity contribution in [3.63, 3.8) is 0 Å². The molecule has 0 saturated carbocycles. The minimum Gasteiger partial charge on any atom is -0.399 e. The van der Waals surface area contributed by atoms with Crippen LogP contribution >= 0.6 is 0 Å². The summed E-state index contributed by atoms with van der Waals surface area (Å²) < 4.78 is 21.1. The highest BCUT2D eigenvalue weighted by Gasteiger charge is 2.28. The Morgan fingerprint density at radius 2 is 1.91 bits per heavy atom. The zero-order valence-electron chi connectivity index (χ0n) is 7.16. The normalized spacial score (nSPS) is 13.8. The Morgan fingerprint density at radius 3 is 2.18 bits per heavy atom. The first-order valence-corrected chi connectivity index (χ1v) is 4.97. The van der Waals surface area contributed by atoms with Gasteiger partial charge in [0.2, 0.25) is 0 Å². The average Bonchev–Trinajstić information content (AvgIpc) is 1.81. The van der Waals surface area contributed by atoms with Crippen LogP contribution in [0, 0.1) is 0 Å². The Labute approximate surface area is 67.2 Å². The zero-order valence-corrected chi connectivity index (χ0v) is 7.97. The highest BCUT2D eigenvalue weighted by atomic mass is 32.2. The van der Waals surface area contributed by atoms with Crippen molar-refractivity contribution in [1.82, 2.24) is 0 Å². The van der Waals surface area contributed by atoms with Crippen molar-refractivity contribution in [2.75, 3.05) is 13.4 Å². The number of hydrogen-bond donors (Lipinski definition) is 0. The van der Waals surface area contributed by atoms with E-state index in [9.17, 15) is 8.42 Å². The fourth-order valence-electron chi connectivity index (χ4n) is 0.275. The third-order valence-electron chi connectivity index (χ3n) is 1.42. The number of nitrogens with zero attached hydrogens (tertiary/aromatic N) is 1. The topological polar surface area (TPSA) is 55.7 Å². The summed E-state index contributed by atoms with van der Waals surface area (Å²) >= 11 is 0. The molecule has 0 aromatic rings. The van der Waals surface area contributed by atoms with E-state index in [0.717, 1.165) is 6.26 Å². The van der Waals surface area contributed by atoms with Gasteiger partial charge in [0.25, 0.3) is 0 Å². The van der Waals surface area contributed by atoms with E-state index in [1.165, 1.54) is 13.3 Å². The molecule has 5 heteroatoms. The molecule has 66 valence electrons. The maximum absolute atomic E-state index is 11.0. The molecule has 0 atom stereocenters. The Morgan fingerprint density at radius 1 is 1.45 bits per heavy atom. The molecule has 0 fully saturated rings. The molecule has 11 heavy (non-hydrogen) atoms. The summed E-state index contributed by atoms with van der Waals surface area (Å²) in [6.07, 6.45) is 2.43. The minimum atomic E-state index is -3.10. The molecule has 0 saturated heterocycles. The summed E-state index contributed by atoms with van der Waals surface area (Å²) in [6.45, 7) is 3.12. The zero-order chi connectivity index (χ0) is 9.12. The fraction of sp³-hybridized carbons (Fsp3) is 0.833. The van der Waals surface area contributed by atoms with Crippen molar-refractivity contribution < 1.29 is 13.3 Å². The smallest absolute Gasteiger partial charge is 0.157 e. The Bertz CT molecular complexity index is 241. The van der Waals surface area contributed by atoms with Crippen LogP contribution in [0.1, 0.15) is 13.8 Å². The van der Waals surface area contributed by atoms with Crippen molar-refractivity contribution in [1.29, 1.82) is 0 Å². The van der Waals surface area contributed by atoms with Crippen LogP contribution in [-0.4, -0.2) is 32.7 Å². The van der Waals surface area contributed by atoms with Gasteiger partial charge in [-0.2, -0.15) is 0 Å². The third-order valence-corrected chi connectivity index (χ3v) is 3.44. The van der Waals surface area contributed by atoms with Crippen LogP contribution < -0.4 is 0 Å². The second-order valence-electron chi connectivity index (χ2n) is 2.79. The summed E-state index contributed by atoms with van der Waals surface area (Å²) in [7, 11) is -1.73. The number of rotatable bonds is 3. The van der Waals surface area contributed by atoms with Crippen molar-refractivity contribution in [2.24, 2.45) is 5.16 Å². The van der Waals surface area contributed by atoms with Crippen LogP contribution in [0.25, 0.3) is 0 Å². The van der Waals surface area contributed by atoms with Gasteiger partial charge in [0.05, 0.1) is 6.21 Å². The minimum absolute atomic E-state index is 0.955. The quantitative estimate of drug-likeness (QED) is 0.466. The van der Waals surface area contributed by atoms with Gasteiger partial charge in [0.1, 0.15) is 11.9 Å². The second-order valence-corrected chi connectivity index (χ2v) is 5.39. The predicted molar refractivity (Wildman–Crippen MR) is 44.4 cm³/mol. The van der Waals surface area contributed by atoms with Gasteiger partial charge in [0, 0.05) is 6.26 Å². The van der Waals surface area contributed by atoms with Crippen LogP contribution in [-0.2, 0) is 14.7 Å². The van der Waals surface area contributed by atoms with E-state index in [0.29, 0.717) is 0 Å². The first-order valence-electron chi connectivity index (χ1n) is 3.08. The van der Waals surface area contributed by atoms with Gasteiger partial charge in [-0.1, -0.05) is 5.16 Å². The molecule has 0 heterocycles. The van der Waals surface area contributed by atoms with E-state index >= 15 is 0 Å². The third kappa shape index (κ3) is 2.88. The van der Waals surface area contributed by atoms with Gasteiger partial charge in [0.15, 0.2) is 9.84 Å². The molecule has 0 aromatic carbocycles. The predicted octanol–water partition coefficient (Wildman–Crippen LogP) is 0.442. The van der Waals surface area contributed by atoms with Crippen LogP contribution in [0.15, 0.2) is 5.16 Å². The molecule has 0 bridgehead atoms. The van der Waals surface area contributed by atoms with Crippen molar-refractivity contribution in [3.05, 3.63) is 0 Å². The Kier molecular flexibility index (Phi) is 3.04. The summed E-state index contributed by atoms with van der Waals surface area (Å²) in [5.74, 6) is 0. The number of sulfone groups is 1. The molecule has 0 N–H and O–H groups in total. The van der Waals surface area contributed by atoms with E-state index < -0.39 is 14.6 Å². The first kappa shape index (κ1) is 10.4. The summed E-state index contributed by atoms with van der Waals surface area (Å²) in [5, 5.41) is 3.41. The molecule has 4 nitrogen and oxygen atoms in total. The fourth-order valence-corrected chi connectivity index (χ4v) is 0.510. The molecule has 0 unspecified atom stereocenters. The lowest BCUT2D eigenvalue weighted by Gasteiger charge is -2.15. The molecule has 0 aromatic heterocycles. The lowest BCUT2D eigenvalue weighted by molar-refractivity contribution is 0.214. The summed E-state index contributed by atoms with van der Waals surface area (Å²) in [6, 6.07) is 0. The summed E-state index contributed by atoms with van der Waals surface area (Å²) in [4.78, 5) is 4.38. The highest BCUT2D eigenvalue weighted by molar-refractivity contribution is 7.92. The molecule has 0 rings (SSSR count). The SMILES string of the molecule is CO/N=C/C(C)(C)S(C)(=O)=O. The number of oxime groups is 1. The van der Waals surface area contributed by atoms with Gasteiger partial charge < -0.3 is 4.84 Å². The van der Waals surface area contributed by atoms with E-state index in [2.05, 4.69) is 9.99 Å². The molecule has 0 radical (unpaired) electrons.